The zero-order valence-electron chi connectivity index (χ0n) is 10.7. The lowest BCUT2D eigenvalue weighted by atomic mass is 10.0. The number of amides is 1. The van der Waals surface area contributed by atoms with E-state index in [2.05, 4.69) is 5.32 Å². The molecule has 5 heteroatoms. The summed E-state index contributed by atoms with van der Waals surface area (Å²) in [5.74, 6) is -0.873. The van der Waals surface area contributed by atoms with Crippen molar-refractivity contribution in [2.24, 2.45) is 0 Å². The number of piperazine rings is 1. The summed E-state index contributed by atoms with van der Waals surface area (Å²) in [6, 6.07) is 9.58. The van der Waals surface area contributed by atoms with E-state index in [9.17, 15) is 9.59 Å². The fourth-order valence-electron chi connectivity index (χ4n) is 2.25. The highest BCUT2D eigenvalue weighted by Crippen LogP contribution is 2.09. The standard InChI is InChI=1S/C14H18N2O3/c17-13(18)6-8-16-9-7-15-12(14(16)19)10-11-4-2-1-3-5-11/h1-5,12,15H,6-10H2,(H,17,18). The predicted octanol–water partition coefficient (Wildman–Crippen LogP) is 0.504. The number of hydrogen-bond donors (Lipinski definition) is 2. The largest absolute Gasteiger partial charge is 0.481 e. The van der Waals surface area contributed by atoms with Gasteiger partial charge in [0.15, 0.2) is 0 Å². The van der Waals surface area contributed by atoms with E-state index in [0.29, 0.717) is 26.1 Å². The molecule has 5 nitrogen and oxygen atoms in total. The maximum Gasteiger partial charge on any atom is 0.305 e. The number of benzene rings is 1. The summed E-state index contributed by atoms with van der Waals surface area (Å²) in [4.78, 5) is 24.4. The summed E-state index contributed by atoms with van der Waals surface area (Å²) in [7, 11) is 0. The van der Waals surface area contributed by atoms with Crippen molar-refractivity contribution in [1.82, 2.24) is 10.2 Å². The summed E-state index contributed by atoms with van der Waals surface area (Å²) >= 11 is 0. The third-order valence-electron chi connectivity index (χ3n) is 3.26. The van der Waals surface area contributed by atoms with Gasteiger partial charge in [-0.05, 0) is 12.0 Å². The van der Waals surface area contributed by atoms with Gasteiger partial charge in [-0.2, -0.15) is 0 Å². The molecule has 0 bridgehead atoms. The normalized spacial score (nSPS) is 19.5. The molecule has 1 fully saturated rings. The molecule has 1 aliphatic heterocycles. The first-order chi connectivity index (χ1) is 9.16. The van der Waals surface area contributed by atoms with Gasteiger partial charge in [-0.15, -0.1) is 0 Å². The van der Waals surface area contributed by atoms with Gasteiger partial charge in [0.05, 0.1) is 12.5 Å². The summed E-state index contributed by atoms with van der Waals surface area (Å²) in [5.41, 5.74) is 1.11. The quantitative estimate of drug-likeness (QED) is 0.811. The van der Waals surface area contributed by atoms with Gasteiger partial charge in [0.2, 0.25) is 5.91 Å². The second-order valence-corrected chi connectivity index (χ2v) is 4.67. The molecule has 1 unspecified atom stereocenters. The number of aliphatic carboxylic acids is 1. The van der Waals surface area contributed by atoms with Crippen LogP contribution in [-0.2, 0) is 16.0 Å². The molecule has 1 amide bonds. The zero-order valence-corrected chi connectivity index (χ0v) is 10.7. The molecule has 2 rings (SSSR count). The first kappa shape index (κ1) is 13.5. The van der Waals surface area contributed by atoms with Crippen LogP contribution in [-0.4, -0.2) is 47.6 Å². The second-order valence-electron chi connectivity index (χ2n) is 4.67. The van der Waals surface area contributed by atoms with E-state index in [1.54, 1.807) is 4.90 Å². The molecule has 19 heavy (non-hydrogen) atoms. The van der Waals surface area contributed by atoms with E-state index in [1.807, 2.05) is 30.3 Å². The van der Waals surface area contributed by atoms with E-state index in [4.69, 9.17) is 5.11 Å². The van der Waals surface area contributed by atoms with Crippen LogP contribution in [0.4, 0.5) is 0 Å². The number of carbonyl (C=O) groups is 2. The van der Waals surface area contributed by atoms with Crippen molar-refractivity contribution in [2.75, 3.05) is 19.6 Å². The van der Waals surface area contributed by atoms with Crippen molar-refractivity contribution in [1.29, 1.82) is 0 Å². The van der Waals surface area contributed by atoms with Crippen LogP contribution in [0, 0.1) is 0 Å². The maximum absolute atomic E-state index is 12.2. The fraction of sp³-hybridized carbons (Fsp3) is 0.429. The molecule has 1 atom stereocenters. The molecular weight excluding hydrogens is 244 g/mol. The summed E-state index contributed by atoms with van der Waals surface area (Å²) < 4.78 is 0. The Kier molecular flexibility index (Phi) is 4.52. The van der Waals surface area contributed by atoms with Crippen LogP contribution in [0.25, 0.3) is 0 Å². The molecule has 0 spiro atoms. The summed E-state index contributed by atoms with van der Waals surface area (Å²) in [6.07, 6.45) is 0.646. The second kappa shape index (κ2) is 6.33. The van der Waals surface area contributed by atoms with Gasteiger partial charge in [0.25, 0.3) is 0 Å². The van der Waals surface area contributed by atoms with E-state index in [0.717, 1.165) is 5.56 Å². The molecule has 1 heterocycles. The SMILES string of the molecule is O=C(O)CCN1CCNC(Cc2ccccc2)C1=O. The number of carboxylic acid groups (broad SMARTS) is 1. The lowest BCUT2D eigenvalue weighted by Crippen LogP contribution is -2.56. The Morgan fingerprint density at radius 3 is 2.79 bits per heavy atom. The maximum atomic E-state index is 12.2. The fourth-order valence-corrected chi connectivity index (χ4v) is 2.25. The molecule has 1 aliphatic rings. The summed E-state index contributed by atoms with van der Waals surface area (Å²) in [6.45, 7) is 1.58. The van der Waals surface area contributed by atoms with E-state index < -0.39 is 5.97 Å². The minimum atomic E-state index is -0.869. The Morgan fingerprint density at radius 2 is 2.11 bits per heavy atom. The zero-order chi connectivity index (χ0) is 13.7. The number of hydrogen-bond acceptors (Lipinski definition) is 3. The van der Waals surface area contributed by atoms with Crippen LogP contribution < -0.4 is 5.32 Å². The van der Waals surface area contributed by atoms with Crippen molar-refractivity contribution in [2.45, 2.75) is 18.9 Å². The van der Waals surface area contributed by atoms with Crippen LogP contribution in [0.1, 0.15) is 12.0 Å². The minimum absolute atomic E-state index is 0.00338. The van der Waals surface area contributed by atoms with Crippen LogP contribution in [0.15, 0.2) is 30.3 Å². The number of nitrogens with zero attached hydrogens (tertiary/aromatic N) is 1. The minimum Gasteiger partial charge on any atom is -0.481 e. The Balaban J connectivity index is 1.94. The number of carbonyl (C=O) groups excluding carboxylic acids is 1. The van der Waals surface area contributed by atoms with E-state index in [-0.39, 0.29) is 18.4 Å². The van der Waals surface area contributed by atoms with Gasteiger partial charge in [0, 0.05) is 19.6 Å². The van der Waals surface area contributed by atoms with Crippen molar-refractivity contribution in [3.05, 3.63) is 35.9 Å². The molecule has 1 saturated heterocycles. The Bertz CT molecular complexity index is 447. The highest BCUT2D eigenvalue weighted by molar-refractivity contribution is 5.83. The van der Waals surface area contributed by atoms with Crippen LogP contribution in [0.3, 0.4) is 0 Å². The molecule has 0 saturated carbocycles. The van der Waals surface area contributed by atoms with Crippen molar-refractivity contribution >= 4 is 11.9 Å². The average molecular weight is 262 g/mol. The topological polar surface area (TPSA) is 69.6 Å². The van der Waals surface area contributed by atoms with E-state index >= 15 is 0 Å². The Morgan fingerprint density at radius 1 is 1.37 bits per heavy atom. The van der Waals surface area contributed by atoms with Crippen LogP contribution in [0.5, 0.6) is 0 Å². The molecule has 1 aromatic rings. The van der Waals surface area contributed by atoms with Crippen LogP contribution >= 0.6 is 0 Å². The monoisotopic (exact) mass is 262 g/mol. The average Bonchev–Trinajstić information content (AvgIpc) is 2.41. The Labute approximate surface area is 112 Å². The molecule has 1 aromatic carbocycles. The lowest BCUT2D eigenvalue weighted by Gasteiger charge is -2.33. The highest BCUT2D eigenvalue weighted by atomic mass is 16.4. The molecule has 0 radical (unpaired) electrons. The van der Waals surface area contributed by atoms with E-state index in [1.165, 1.54) is 0 Å². The molecule has 2 N–H and O–H groups in total. The number of carboxylic acids is 1. The van der Waals surface area contributed by atoms with Gasteiger partial charge in [0.1, 0.15) is 0 Å². The van der Waals surface area contributed by atoms with Gasteiger partial charge in [-0.25, -0.2) is 0 Å². The molecule has 0 aromatic heterocycles. The first-order valence-electron chi connectivity index (χ1n) is 6.44. The van der Waals surface area contributed by atoms with Crippen LogP contribution in [0.2, 0.25) is 0 Å². The smallest absolute Gasteiger partial charge is 0.305 e. The van der Waals surface area contributed by atoms with Crippen molar-refractivity contribution in [3.63, 3.8) is 0 Å². The lowest BCUT2D eigenvalue weighted by molar-refractivity contribution is -0.140. The predicted molar refractivity (Wildman–Crippen MR) is 70.8 cm³/mol. The third kappa shape index (κ3) is 3.79. The Hall–Kier alpha value is -1.88. The molecular formula is C14H18N2O3. The third-order valence-corrected chi connectivity index (χ3v) is 3.26. The first-order valence-corrected chi connectivity index (χ1v) is 6.44. The van der Waals surface area contributed by atoms with Gasteiger partial charge in [-0.3, -0.25) is 9.59 Å². The number of nitrogens with one attached hydrogen (secondary N) is 1. The molecule has 0 aliphatic carbocycles. The number of rotatable bonds is 5. The summed E-state index contributed by atoms with van der Waals surface area (Å²) in [5, 5.41) is 11.9. The van der Waals surface area contributed by atoms with Gasteiger partial charge in [-0.1, -0.05) is 30.3 Å². The van der Waals surface area contributed by atoms with Crippen molar-refractivity contribution < 1.29 is 14.7 Å². The van der Waals surface area contributed by atoms with Gasteiger partial charge >= 0.3 is 5.97 Å². The molecule has 102 valence electrons. The van der Waals surface area contributed by atoms with Gasteiger partial charge < -0.3 is 15.3 Å². The highest BCUT2D eigenvalue weighted by Gasteiger charge is 2.28. The van der Waals surface area contributed by atoms with Crippen molar-refractivity contribution in [3.8, 4) is 0 Å².